The van der Waals surface area contributed by atoms with E-state index >= 15 is 0 Å². The number of nitrogens with one attached hydrogen (secondary N) is 1. The minimum Gasteiger partial charge on any atom is -0.634 e. The Morgan fingerprint density at radius 1 is 1.25 bits per heavy atom. The van der Waals surface area contributed by atoms with Crippen molar-refractivity contribution in [2.75, 3.05) is 24.6 Å². The normalized spacial score (nSPS) is 39.8. The molecule has 1 fully saturated rings. The van der Waals surface area contributed by atoms with E-state index in [1.165, 1.54) is 0 Å². The molecule has 1 N–H and O–H groups in total. The molecule has 1 heterocycles. The lowest BCUT2D eigenvalue weighted by atomic mass is 10.6. The van der Waals surface area contributed by atoms with E-state index in [2.05, 4.69) is 0 Å². The van der Waals surface area contributed by atoms with Crippen LogP contribution in [0, 0.1) is 5.21 Å². The van der Waals surface area contributed by atoms with E-state index in [9.17, 15) is 9.76 Å². The van der Waals surface area contributed by atoms with Crippen LogP contribution in [-0.4, -0.2) is 29.1 Å². The fraction of sp³-hybridized carbons (Fsp3) is 1.00. The Balaban J connectivity index is 2.19. The van der Waals surface area contributed by atoms with Gasteiger partial charge in [-0.1, -0.05) is 0 Å². The van der Waals surface area contributed by atoms with Crippen LogP contribution in [0.2, 0.25) is 0 Å². The van der Waals surface area contributed by atoms with Gasteiger partial charge in [0, 0.05) is 0 Å². The molecule has 0 aromatic rings. The molecule has 8 heavy (non-hydrogen) atoms. The molecular formula is C4H9NO2S. The van der Waals surface area contributed by atoms with E-state index < -0.39 is 11.2 Å². The average Bonchev–Trinajstić information content (AvgIpc) is 1.77. The van der Waals surface area contributed by atoms with Crippen LogP contribution >= 0.6 is 0 Å². The summed E-state index contributed by atoms with van der Waals surface area (Å²) in [6.07, 6.45) is 0. The number of hydrogen-bond acceptors (Lipinski definition) is 2. The number of hydroxylamine groups is 2. The zero-order chi connectivity index (χ0) is 5.98. The molecule has 0 amide bonds. The van der Waals surface area contributed by atoms with Gasteiger partial charge in [-0.15, -0.1) is 0 Å². The maximum atomic E-state index is 10.6. The van der Waals surface area contributed by atoms with Crippen LogP contribution in [-0.2, 0) is 11.2 Å². The van der Waals surface area contributed by atoms with Gasteiger partial charge in [0.2, 0.25) is 0 Å². The second-order valence-electron chi connectivity index (χ2n) is 1.89. The molecule has 48 valence electrons. The molecule has 0 saturated carbocycles. The summed E-state index contributed by atoms with van der Waals surface area (Å²) >= 11 is -0.682. The van der Waals surface area contributed by atoms with Crippen molar-refractivity contribution in [2.45, 2.75) is 0 Å². The Kier molecular flexibility index (Phi) is 2.13. The monoisotopic (exact) mass is 135 g/mol. The summed E-state index contributed by atoms with van der Waals surface area (Å²) in [4.78, 5) is 0. The molecule has 0 atom stereocenters. The molecule has 3 nitrogen and oxygen atoms in total. The first-order valence-electron chi connectivity index (χ1n) is 2.66. The number of quaternary nitrogens is 1. The second kappa shape index (κ2) is 2.68. The molecule has 1 aliphatic rings. The van der Waals surface area contributed by atoms with Gasteiger partial charge in [0.1, 0.15) is 13.1 Å². The van der Waals surface area contributed by atoms with E-state index in [0.717, 1.165) is 0 Å². The fourth-order valence-corrected chi connectivity index (χ4v) is 1.80. The fourth-order valence-electron chi connectivity index (χ4n) is 0.682. The van der Waals surface area contributed by atoms with Gasteiger partial charge in [-0.25, -0.2) is 0 Å². The first-order valence-corrected chi connectivity index (χ1v) is 4.14. The van der Waals surface area contributed by atoms with Gasteiger partial charge >= 0.3 is 0 Å². The van der Waals surface area contributed by atoms with Gasteiger partial charge in [-0.2, -0.15) is 0 Å². The Morgan fingerprint density at radius 2 is 1.75 bits per heavy atom. The van der Waals surface area contributed by atoms with Crippen molar-refractivity contribution >= 4 is 11.2 Å². The summed E-state index contributed by atoms with van der Waals surface area (Å²) in [6, 6.07) is 0. The molecule has 0 bridgehead atoms. The molecule has 0 spiro atoms. The van der Waals surface area contributed by atoms with E-state index in [-0.39, 0.29) is 5.06 Å². The SMILES string of the molecule is [O-][NH+]1CC[S+]([O-])CC1. The summed E-state index contributed by atoms with van der Waals surface area (Å²) in [6.45, 7) is 1.07. The highest BCUT2D eigenvalue weighted by molar-refractivity contribution is 7.91. The first-order chi connectivity index (χ1) is 3.79. The molecule has 1 saturated heterocycles. The Bertz CT molecular complexity index is 62.4. The van der Waals surface area contributed by atoms with Gasteiger partial charge in [-0.3, -0.25) is 0 Å². The van der Waals surface area contributed by atoms with Crippen LogP contribution in [0.3, 0.4) is 0 Å². The van der Waals surface area contributed by atoms with E-state index in [4.69, 9.17) is 0 Å². The largest absolute Gasteiger partial charge is 0.634 e. The number of hydrogen-bond donors (Lipinski definition) is 1. The average molecular weight is 135 g/mol. The maximum absolute atomic E-state index is 10.6. The Morgan fingerprint density at radius 3 is 2.12 bits per heavy atom. The van der Waals surface area contributed by atoms with E-state index in [0.29, 0.717) is 24.6 Å². The molecule has 4 heteroatoms. The van der Waals surface area contributed by atoms with Crippen molar-refractivity contribution < 1.29 is 9.62 Å². The summed E-state index contributed by atoms with van der Waals surface area (Å²) in [5.74, 6) is 1.19. The Hall–Kier alpha value is 0.230. The smallest absolute Gasteiger partial charge is 0.154 e. The molecule has 0 radical (unpaired) electrons. The molecule has 0 aromatic carbocycles. The van der Waals surface area contributed by atoms with Gasteiger partial charge in [-0.05, 0) is 11.2 Å². The zero-order valence-electron chi connectivity index (χ0n) is 4.55. The first kappa shape index (κ1) is 6.35. The predicted molar refractivity (Wildman–Crippen MR) is 31.9 cm³/mol. The third kappa shape index (κ3) is 1.63. The van der Waals surface area contributed by atoms with Crippen molar-refractivity contribution in [3.63, 3.8) is 0 Å². The number of rotatable bonds is 0. The molecular weight excluding hydrogens is 126 g/mol. The lowest BCUT2D eigenvalue weighted by Gasteiger charge is -2.27. The maximum Gasteiger partial charge on any atom is 0.154 e. The van der Waals surface area contributed by atoms with Crippen molar-refractivity contribution in [3.8, 4) is 0 Å². The van der Waals surface area contributed by atoms with Gasteiger partial charge in [0.05, 0.1) is 0 Å². The van der Waals surface area contributed by atoms with Crippen molar-refractivity contribution in [1.82, 2.24) is 0 Å². The van der Waals surface area contributed by atoms with Crippen LogP contribution in [0.25, 0.3) is 0 Å². The third-order valence-electron chi connectivity index (χ3n) is 1.22. The van der Waals surface area contributed by atoms with Gasteiger partial charge < -0.3 is 14.8 Å². The van der Waals surface area contributed by atoms with Crippen molar-refractivity contribution in [2.24, 2.45) is 0 Å². The highest BCUT2D eigenvalue weighted by Crippen LogP contribution is 1.88. The third-order valence-corrected chi connectivity index (χ3v) is 2.54. The predicted octanol–water partition coefficient (Wildman–Crippen LogP) is -1.87. The highest BCUT2D eigenvalue weighted by atomic mass is 32.2. The van der Waals surface area contributed by atoms with Crippen molar-refractivity contribution in [3.05, 3.63) is 5.21 Å². The molecule has 0 aliphatic carbocycles. The van der Waals surface area contributed by atoms with Crippen molar-refractivity contribution in [1.29, 1.82) is 0 Å². The molecule has 1 rings (SSSR count). The van der Waals surface area contributed by atoms with E-state index in [1.807, 2.05) is 0 Å². The lowest BCUT2D eigenvalue weighted by molar-refractivity contribution is -0.844. The summed E-state index contributed by atoms with van der Waals surface area (Å²) in [5, 5.41) is 10.7. The molecule has 0 aromatic heterocycles. The van der Waals surface area contributed by atoms with E-state index in [1.54, 1.807) is 0 Å². The van der Waals surface area contributed by atoms with Crippen LogP contribution in [0.5, 0.6) is 0 Å². The molecule has 1 aliphatic heterocycles. The topological polar surface area (TPSA) is 50.6 Å². The minimum atomic E-state index is -0.682. The second-order valence-corrected chi connectivity index (χ2v) is 3.58. The van der Waals surface area contributed by atoms with Crippen LogP contribution in [0.4, 0.5) is 0 Å². The standard InChI is InChI=1S/C4H9NO2S/c6-5-1-3-8(7)4-2-5/h5H,1-4H2. The summed E-state index contributed by atoms with van der Waals surface area (Å²) < 4.78 is 10.6. The summed E-state index contributed by atoms with van der Waals surface area (Å²) in [7, 11) is 0. The summed E-state index contributed by atoms with van der Waals surface area (Å²) in [5.41, 5.74) is 0. The van der Waals surface area contributed by atoms with Gasteiger partial charge in [0.15, 0.2) is 11.5 Å². The minimum absolute atomic E-state index is 0.268. The van der Waals surface area contributed by atoms with Gasteiger partial charge in [0.25, 0.3) is 0 Å². The Labute approximate surface area is 51.4 Å². The lowest BCUT2D eigenvalue weighted by Crippen LogP contribution is -3.09. The quantitative estimate of drug-likeness (QED) is 0.312. The van der Waals surface area contributed by atoms with Crippen LogP contribution < -0.4 is 5.06 Å². The zero-order valence-corrected chi connectivity index (χ0v) is 5.37. The van der Waals surface area contributed by atoms with Crippen LogP contribution in [0.15, 0.2) is 0 Å². The van der Waals surface area contributed by atoms with Crippen LogP contribution in [0.1, 0.15) is 0 Å². The molecule has 0 unspecified atom stereocenters. The highest BCUT2D eigenvalue weighted by Gasteiger charge is 2.16.